The fourth-order valence-corrected chi connectivity index (χ4v) is 3.40. The molecule has 0 saturated carbocycles. The summed E-state index contributed by atoms with van der Waals surface area (Å²) in [5.41, 5.74) is 6.56. The molecule has 95 valence electrons. The lowest BCUT2D eigenvalue weighted by Crippen LogP contribution is -1.85. The maximum absolute atomic E-state index is 2.31. The molecular formula is C19H13S. The topological polar surface area (TPSA) is 0 Å². The molecule has 0 N–H and O–H groups in total. The van der Waals surface area contributed by atoms with Gasteiger partial charge >= 0.3 is 0 Å². The molecule has 1 aromatic heterocycles. The largest absolute Gasteiger partial charge is 0.144 e. The summed E-state index contributed by atoms with van der Waals surface area (Å²) in [6.07, 6.45) is 4.59. The summed E-state index contributed by atoms with van der Waals surface area (Å²) in [7, 11) is 0. The molecular weight excluding hydrogens is 260 g/mol. The third-order valence-corrected chi connectivity index (χ3v) is 4.56. The van der Waals surface area contributed by atoms with Gasteiger partial charge in [-0.3, -0.25) is 0 Å². The molecule has 0 fully saturated rings. The molecule has 0 bridgehead atoms. The Morgan fingerprint density at radius 2 is 1.65 bits per heavy atom. The van der Waals surface area contributed by atoms with Crippen LogP contribution in [0.25, 0.3) is 22.8 Å². The number of rotatable bonds is 2. The van der Waals surface area contributed by atoms with Gasteiger partial charge in [0.1, 0.15) is 0 Å². The van der Waals surface area contributed by atoms with Crippen LogP contribution in [0.15, 0.2) is 66.0 Å². The van der Waals surface area contributed by atoms with Gasteiger partial charge in [-0.25, -0.2) is 0 Å². The summed E-state index contributed by atoms with van der Waals surface area (Å²) in [5.74, 6) is 0. The van der Waals surface area contributed by atoms with Crippen molar-refractivity contribution >= 4 is 23.0 Å². The number of allylic oxidation sites excluding steroid dienone is 1. The molecule has 1 heterocycles. The molecule has 0 aliphatic heterocycles. The van der Waals surface area contributed by atoms with Gasteiger partial charge in [0.25, 0.3) is 0 Å². The smallest absolute Gasteiger partial charge is 0.0309 e. The van der Waals surface area contributed by atoms with Crippen LogP contribution in [-0.2, 0) is 0 Å². The minimum atomic E-state index is 1.28. The van der Waals surface area contributed by atoms with E-state index in [1.807, 2.05) is 0 Å². The molecule has 0 nitrogen and oxygen atoms in total. The number of hydrogen-bond donors (Lipinski definition) is 0. The monoisotopic (exact) mass is 273 g/mol. The zero-order valence-electron chi connectivity index (χ0n) is 10.9. The van der Waals surface area contributed by atoms with E-state index < -0.39 is 0 Å². The van der Waals surface area contributed by atoms with E-state index in [1.54, 1.807) is 11.3 Å². The van der Waals surface area contributed by atoms with Gasteiger partial charge in [-0.1, -0.05) is 54.6 Å². The van der Waals surface area contributed by atoms with Crippen molar-refractivity contribution in [2.24, 2.45) is 0 Å². The lowest BCUT2D eigenvalue weighted by molar-refractivity contribution is 1.53. The minimum absolute atomic E-state index is 1.28. The van der Waals surface area contributed by atoms with E-state index in [0.717, 1.165) is 0 Å². The van der Waals surface area contributed by atoms with E-state index in [0.29, 0.717) is 0 Å². The molecule has 0 saturated heterocycles. The Labute approximate surface area is 123 Å². The Kier molecular flexibility index (Phi) is 2.79. The molecule has 0 amide bonds. The summed E-state index contributed by atoms with van der Waals surface area (Å²) < 4.78 is 0. The van der Waals surface area contributed by atoms with Crippen LogP contribution >= 0.6 is 11.3 Å². The van der Waals surface area contributed by atoms with Crippen molar-refractivity contribution in [1.82, 2.24) is 0 Å². The third-order valence-electron chi connectivity index (χ3n) is 3.64. The van der Waals surface area contributed by atoms with Crippen LogP contribution in [0, 0.1) is 6.42 Å². The van der Waals surface area contributed by atoms with Crippen molar-refractivity contribution in [2.45, 2.75) is 0 Å². The first kappa shape index (κ1) is 11.7. The van der Waals surface area contributed by atoms with Crippen LogP contribution in [-0.4, -0.2) is 0 Å². The standard InChI is InChI=1S/C19H13S/c1-2-6-14(7-3-1)17-9-4-8-15-12-16(13-18(15)17)19-10-5-11-20-19/h1-13H. The fraction of sp³-hybridized carbons (Fsp3) is 0. The molecule has 1 heteroatoms. The Hall–Kier alpha value is -2.12. The van der Waals surface area contributed by atoms with Gasteiger partial charge < -0.3 is 0 Å². The van der Waals surface area contributed by atoms with Gasteiger partial charge in [0.2, 0.25) is 0 Å². The van der Waals surface area contributed by atoms with Crippen LogP contribution < -0.4 is 0 Å². The van der Waals surface area contributed by atoms with Crippen LogP contribution in [0.5, 0.6) is 0 Å². The summed E-state index contributed by atoms with van der Waals surface area (Å²) in [6.45, 7) is 0. The van der Waals surface area contributed by atoms with Gasteiger partial charge in [-0.05, 0) is 45.3 Å². The number of benzene rings is 2. The first-order valence-electron chi connectivity index (χ1n) is 6.70. The predicted molar refractivity (Wildman–Crippen MR) is 87.5 cm³/mol. The third kappa shape index (κ3) is 1.91. The molecule has 1 radical (unpaired) electrons. The number of hydrogen-bond acceptors (Lipinski definition) is 1. The van der Waals surface area contributed by atoms with Gasteiger partial charge in [-0.2, -0.15) is 0 Å². The minimum Gasteiger partial charge on any atom is -0.144 e. The maximum Gasteiger partial charge on any atom is 0.0309 e. The van der Waals surface area contributed by atoms with Crippen molar-refractivity contribution < 1.29 is 0 Å². The molecule has 20 heavy (non-hydrogen) atoms. The Bertz CT molecular complexity index is 765. The van der Waals surface area contributed by atoms with Gasteiger partial charge in [-0.15, -0.1) is 11.3 Å². The first-order valence-corrected chi connectivity index (χ1v) is 7.58. The van der Waals surface area contributed by atoms with Crippen molar-refractivity contribution in [3.8, 4) is 11.1 Å². The highest BCUT2D eigenvalue weighted by molar-refractivity contribution is 7.11. The van der Waals surface area contributed by atoms with Gasteiger partial charge in [0.05, 0.1) is 0 Å². The molecule has 1 aliphatic carbocycles. The zero-order chi connectivity index (χ0) is 13.4. The van der Waals surface area contributed by atoms with Gasteiger partial charge in [0, 0.05) is 11.3 Å². The van der Waals surface area contributed by atoms with E-state index in [2.05, 4.69) is 78.5 Å². The van der Waals surface area contributed by atoms with Crippen LogP contribution in [0.1, 0.15) is 16.0 Å². The predicted octanol–water partition coefficient (Wildman–Crippen LogP) is 5.52. The maximum atomic E-state index is 2.31. The quantitative estimate of drug-likeness (QED) is 0.576. The molecule has 1 aliphatic rings. The average molecular weight is 273 g/mol. The highest BCUT2D eigenvalue weighted by Crippen LogP contribution is 2.39. The fourth-order valence-electron chi connectivity index (χ4n) is 2.69. The second kappa shape index (κ2) is 4.77. The van der Waals surface area contributed by atoms with Crippen molar-refractivity contribution in [3.05, 3.63) is 88.5 Å². The summed E-state index contributed by atoms with van der Waals surface area (Å²) in [5, 5.41) is 2.13. The van der Waals surface area contributed by atoms with E-state index in [1.165, 1.54) is 32.7 Å². The van der Waals surface area contributed by atoms with Crippen molar-refractivity contribution in [1.29, 1.82) is 0 Å². The Morgan fingerprint density at radius 1 is 0.750 bits per heavy atom. The number of thiophene rings is 1. The van der Waals surface area contributed by atoms with Crippen LogP contribution in [0.4, 0.5) is 0 Å². The molecule has 4 rings (SSSR count). The average Bonchev–Trinajstić information content (AvgIpc) is 3.16. The highest BCUT2D eigenvalue weighted by Gasteiger charge is 2.18. The Balaban J connectivity index is 1.84. The summed E-state index contributed by atoms with van der Waals surface area (Å²) in [6, 6.07) is 21.4. The zero-order valence-corrected chi connectivity index (χ0v) is 11.7. The molecule has 0 unspecified atom stereocenters. The van der Waals surface area contributed by atoms with E-state index in [-0.39, 0.29) is 0 Å². The van der Waals surface area contributed by atoms with Crippen molar-refractivity contribution in [3.63, 3.8) is 0 Å². The van der Waals surface area contributed by atoms with Crippen LogP contribution in [0.2, 0.25) is 0 Å². The molecule has 3 aromatic rings. The van der Waals surface area contributed by atoms with E-state index >= 15 is 0 Å². The molecule has 2 aromatic carbocycles. The van der Waals surface area contributed by atoms with Gasteiger partial charge in [0.15, 0.2) is 0 Å². The second-order valence-corrected chi connectivity index (χ2v) is 5.84. The normalized spacial score (nSPS) is 13.1. The lowest BCUT2D eigenvalue weighted by Gasteiger charge is -2.07. The summed E-state index contributed by atoms with van der Waals surface area (Å²) in [4.78, 5) is 1.33. The number of fused-ring (bicyclic) bond motifs is 1. The van der Waals surface area contributed by atoms with Crippen molar-refractivity contribution in [2.75, 3.05) is 0 Å². The molecule has 0 atom stereocenters. The second-order valence-electron chi connectivity index (χ2n) is 4.90. The Morgan fingerprint density at radius 3 is 2.45 bits per heavy atom. The first-order chi connectivity index (χ1) is 9.92. The van der Waals surface area contributed by atoms with E-state index in [4.69, 9.17) is 0 Å². The summed E-state index contributed by atoms with van der Waals surface area (Å²) >= 11 is 1.79. The lowest BCUT2D eigenvalue weighted by atomic mass is 9.97. The highest BCUT2D eigenvalue weighted by atomic mass is 32.1. The SMILES string of the molecule is [CH]1C(c2cccs2)=Cc2c1cccc2-c1ccccc1. The van der Waals surface area contributed by atoms with Crippen LogP contribution in [0.3, 0.4) is 0 Å². The van der Waals surface area contributed by atoms with E-state index in [9.17, 15) is 0 Å². The molecule has 0 spiro atoms.